The smallest absolute Gasteiger partial charge is 0.220 e. The summed E-state index contributed by atoms with van der Waals surface area (Å²) in [6, 6.07) is 6.77. The molecule has 4 nitrogen and oxygen atoms in total. The van der Waals surface area contributed by atoms with Gasteiger partial charge >= 0.3 is 0 Å². The molecule has 0 aromatic heterocycles. The molecule has 1 heterocycles. The summed E-state index contributed by atoms with van der Waals surface area (Å²) in [5.41, 5.74) is 0.603. The molecule has 1 aromatic carbocycles. The second-order valence-electron chi connectivity index (χ2n) is 6.66. The topological polar surface area (TPSA) is 49.4 Å². The first-order valence-corrected chi connectivity index (χ1v) is 9.20. The molecule has 1 aromatic rings. The number of piperidine rings is 1. The van der Waals surface area contributed by atoms with Crippen molar-refractivity contribution in [3.05, 3.63) is 34.9 Å². The van der Waals surface area contributed by atoms with Gasteiger partial charge in [0.15, 0.2) is 5.78 Å². The predicted molar refractivity (Wildman–Crippen MR) is 97.5 cm³/mol. The van der Waals surface area contributed by atoms with E-state index in [1.807, 2.05) is 0 Å². The number of hydrogen-bond donors (Lipinski definition) is 1. The number of Topliss-reactive ketones (excluding diaryl/α,β-unsaturated/α-hetero) is 1. The lowest BCUT2D eigenvalue weighted by Crippen LogP contribution is -2.35. The highest BCUT2D eigenvalue weighted by atomic mass is 35.5. The molecule has 0 unspecified atom stereocenters. The fourth-order valence-corrected chi connectivity index (χ4v) is 3.04. The average Bonchev–Trinajstić information content (AvgIpc) is 2.59. The van der Waals surface area contributed by atoms with Crippen molar-refractivity contribution in [3.63, 3.8) is 0 Å². The van der Waals surface area contributed by atoms with Crippen molar-refractivity contribution in [2.75, 3.05) is 26.2 Å². The van der Waals surface area contributed by atoms with Crippen molar-refractivity contribution >= 4 is 23.3 Å². The third kappa shape index (κ3) is 6.62. The van der Waals surface area contributed by atoms with Crippen LogP contribution in [-0.4, -0.2) is 42.8 Å². The molecule has 1 saturated heterocycles. The summed E-state index contributed by atoms with van der Waals surface area (Å²) in [6.07, 6.45) is 3.99. The molecule has 5 heteroatoms. The molecule has 1 N–H and O–H groups in total. The molecule has 0 bridgehead atoms. The number of carbonyl (C=O) groups excluding carboxylic acids is 2. The molecule has 2 rings (SSSR count). The minimum atomic E-state index is -0.0513. The highest BCUT2D eigenvalue weighted by molar-refractivity contribution is 6.30. The Labute approximate surface area is 149 Å². The number of nitrogens with one attached hydrogen (secondary N) is 1. The number of amides is 1. The monoisotopic (exact) mass is 350 g/mol. The van der Waals surface area contributed by atoms with E-state index in [0.29, 0.717) is 17.1 Å². The maximum absolute atomic E-state index is 12.0. The molecule has 0 saturated carbocycles. The minimum absolute atomic E-state index is 0.0238. The summed E-state index contributed by atoms with van der Waals surface area (Å²) in [5, 5.41) is 3.51. The van der Waals surface area contributed by atoms with E-state index in [1.165, 1.54) is 25.9 Å². The van der Waals surface area contributed by atoms with E-state index in [1.54, 1.807) is 24.3 Å². The summed E-state index contributed by atoms with van der Waals surface area (Å²) in [5.74, 6) is 0.771. The number of likely N-dealkylation sites (tertiary alicyclic amines) is 1. The van der Waals surface area contributed by atoms with Gasteiger partial charge < -0.3 is 10.2 Å². The molecule has 1 aliphatic heterocycles. The summed E-state index contributed by atoms with van der Waals surface area (Å²) in [7, 11) is 0. The number of nitrogens with zero attached hydrogens (tertiary/aromatic N) is 1. The third-order valence-corrected chi connectivity index (χ3v) is 4.85. The van der Waals surface area contributed by atoms with E-state index in [4.69, 9.17) is 11.6 Å². The van der Waals surface area contributed by atoms with Crippen LogP contribution in [-0.2, 0) is 4.79 Å². The lowest BCUT2D eigenvalue weighted by Gasteiger charge is -2.30. The van der Waals surface area contributed by atoms with Gasteiger partial charge in [-0.3, -0.25) is 9.59 Å². The molecule has 0 spiro atoms. The molecule has 1 fully saturated rings. The number of halogens is 1. The lowest BCUT2D eigenvalue weighted by atomic mass is 9.99. The van der Waals surface area contributed by atoms with Crippen molar-refractivity contribution in [3.8, 4) is 0 Å². The van der Waals surface area contributed by atoms with Crippen molar-refractivity contribution < 1.29 is 9.59 Å². The van der Waals surface area contributed by atoms with Crippen LogP contribution in [0.25, 0.3) is 0 Å². The molecule has 0 aliphatic carbocycles. The third-order valence-electron chi connectivity index (χ3n) is 4.59. The Balaban J connectivity index is 1.56. The molecule has 0 radical (unpaired) electrons. The standard InChI is InChI=1S/C19H27ClN2O2/c1-15-9-13-22(14-10-15)12-2-11-21-19(24)8-7-18(23)16-3-5-17(20)6-4-16/h3-6,15H,2,7-14H2,1H3,(H,21,24). The van der Waals surface area contributed by atoms with Crippen molar-refractivity contribution in [1.82, 2.24) is 10.2 Å². The predicted octanol–water partition coefficient (Wildman–Crippen LogP) is 3.54. The SMILES string of the molecule is CC1CCN(CCCNC(=O)CCC(=O)c2ccc(Cl)cc2)CC1. The van der Waals surface area contributed by atoms with Gasteiger partial charge in [-0.2, -0.15) is 0 Å². The Morgan fingerprint density at radius 3 is 2.50 bits per heavy atom. The summed E-state index contributed by atoms with van der Waals surface area (Å²) >= 11 is 5.80. The van der Waals surface area contributed by atoms with Crippen LogP contribution in [0.15, 0.2) is 24.3 Å². The van der Waals surface area contributed by atoms with Gasteiger partial charge in [0.2, 0.25) is 5.91 Å². The number of ketones is 1. The van der Waals surface area contributed by atoms with Gasteiger partial charge in [0, 0.05) is 30.0 Å². The average molecular weight is 351 g/mol. The molecular formula is C19H27ClN2O2. The van der Waals surface area contributed by atoms with Crippen LogP contribution in [0.5, 0.6) is 0 Å². The highest BCUT2D eigenvalue weighted by Crippen LogP contribution is 2.15. The van der Waals surface area contributed by atoms with Crippen molar-refractivity contribution in [1.29, 1.82) is 0 Å². The first-order valence-electron chi connectivity index (χ1n) is 8.82. The Hall–Kier alpha value is -1.39. The molecule has 24 heavy (non-hydrogen) atoms. The normalized spacial score (nSPS) is 16.1. The lowest BCUT2D eigenvalue weighted by molar-refractivity contribution is -0.121. The second kappa shape index (κ2) is 9.80. The van der Waals surface area contributed by atoms with Crippen LogP contribution in [0.1, 0.15) is 49.4 Å². The van der Waals surface area contributed by atoms with E-state index < -0.39 is 0 Å². The first-order chi connectivity index (χ1) is 11.5. The van der Waals surface area contributed by atoms with Crippen molar-refractivity contribution in [2.24, 2.45) is 5.92 Å². The van der Waals surface area contributed by atoms with E-state index >= 15 is 0 Å². The Bertz CT molecular complexity index is 537. The number of benzene rings is 1. The van der Waals surface area contributed by atoms with Crippen LogP contribution >= 0.6 is 11.6 Å². The van der Waals surface area contributed by atoms with Crippen LogP contribution in [0.2, 0.25) is 5.02 Å². The summed E-state index contributed by atoms with van der Waals surface area (Å²) in [4.78, 5) is 26.3. The molecule has 132 valence electrons. The van der Waals surface area contributed by atoms with Gasteiger partial charge in [-0.15, -0.1) is 0 Å². The van der Waals surface area contributed by atoms with E-state index in [0.717, 1.165) is 18.9 Å². The van der Waals surface area contributed by atoms with E-state index in [-0.39, 0.29) is 24.5 Å². The molecular weight excluding hydrogens is 324 g/mol. The second-order valence-corrected chi connectivity index (χ2v) is 7.09. The van der Waals surface area contributed by atoms with Gasteiger partial charge in [0.25, 0.3) is 0 Å². The Morgan fingerprint density at radius 1 is 1.17 bits per heavy atom. The summed E-state index contributed by atoms with van der Waals surface area (Å²) < 4.78 is 0. The number of rotatable bonds is 8. The maximum Gasteiger partial charge on any atom is 0.220 e. The molecule has 1 amide bonds. The number of hydrogen-bond acceptors (Lipinski definition) is 3. The van der Waals surface area contributed by atoms with E-state index in [9.17, 15) is 9.59 Å². The van der Waals surface area contributed by atoms with Crippen LogP contribution in [0.4, 0.5) is 0 Å². The Kier molecular flexibility index (Phi) is 7.73. The quantitative estimate of drug-likeness (QED) is 0.576. The largest absolute Gasteiger partial charge is 0.356 e. The minimum Gasteiger partial charge on any atom is -0.356 e. The van der Waals surface area contributed by atoms with Crippen LogP contribution in [0.3, 0.4) is 0 Å². The van der Waals surface area contributed by atoms with Gasteiger partial charge in [0.1, 0.15) is 0 Å². The Morgan fingerprint density at radius 2 is 1.83 bits per heavy atom. The highest BCUT2D eigenvalue weighted by Gasteiger charge is 2.15. The molecule has 1 aliphatic rings. The zero-order valence-electron chi connectivity index (χ0n) is 14.4. The van der Waals surface area contributed by atoms with Gasteiger partial charge in [0.05, 0.1) is 0 Å². The first kappa shape index (κ1) is 18.9. The van der Waals surface area contributed by atoms with Crippen LogP contribution < -0.4 is 5.32 Å². The maximum atomic E-state index is 12.0. The fourth-order valence-electron chi connectivity index (χ4n) is 2.91. The van der Waals surface area contributed by atoms with E-state index in [2.05, 4.69) is 17.1 Å². The number of carbonyl (C=O) groups is 2. The fraction of sp³-hybridized carbons (Fsp3) is 0.579. The summed E-state index contributed by atoms with van der Waals surface area (Å²) in [6.45, 7) is 6.37. The van der Waals surface area contributed by atoms with Crippen LogP contribution in [0, 0.1) is 5.92 Å². The zero-order valence-corrected chi connectivity index (χ0v) is 15.1. The van der Waals surface area contributed by atoms with Crippen molar-refractivity contribution in [2.45, 2.75) is 39.0 Å². The molecule has 0 atom stereocenters. The van der Waals surface area contributed by atoms with Gasteiger partial charge in [-0.05, 0) is 69.1 Å². The zero-order chi connectivity index (χ0) is 17.4. The van der Waals surface area contributed by atoms with Gasteiger partial charge in [-0.1, -0.05) is 18.5 Å². The van der Waals surface area contributed by atoms with Gasteiger partial charge in [-0.25, -0.2) is 0 Å².